The van der Waals surface area contributed by atoms with Gasteiger partial charge in [-0.1, -0.05) is 0 Å². The number of aromatic nitrogens is 2. The van der Waals surface area contributed by atoms with E-state index in [1.165, 1.54) is 0 Å². The average molecular weight is 149 g/mol. The average Bonchev–Trinajstić information content (AvgIpc) is 2.06. The maximum absolute atomic E-state index is 5.84. The molecule has 11 heavy (non-hydrogen) atoms. The molecule has 3 heteroatoms. The summed E-state index contributed by atoms with van der Waals surface area (Å²) in [4.78, 5) is 8.44. The molecule has 2 N–H and O–H groups in total. The molecule has 3 nitrogen and oxygen atoms in total. The number of nitrogens with two attached hydrogens (primary N) is 1. The third-order valence-corrected chi connectivity index (χ3v) is 2.09. The Bertz CT molecular complexity index is 259. The van der Waals surface area contributed by atoms with E-state index >= 15 is 0 Å². The molecule has 1 atom stereocenters. The van der Waals surface area contributed by atoms with Crippen LogP contribution in [-0.2, 0) is 6.42 Å². The molecule has 2 rings (SSSR count). The highest BCUT2D eigenvalue weighted by molar-refractivity contribution is 5.17. The zero-order valence-electron chi connectivity index (χ0n) is 6.33. The highest BCUT2D eigenvalue weighted by Crippen LogP contribution is 2.23. The monoisotopic (exact) mass is 149 g/mol. The lowest BCUT2D eigenvalue weighted by molar-refractivity contribution is 0.543. The third kappa shape index (κ3) is 1.12. The van der Waals surface area contributed by atoms with Crippen LogP contribution in [0.5, 0.6) is 0 Å². The van der Waals surface area contributed by atoms with Gasteiger partial charge in [0.25, 0.3) is 0 Å². The van der Waals surface area contributed by atoms with Crippen molar-refractivity contribution in [2.24, 2.45) is 5.73 Å². The van der Waals surface area contributed by atoms with E-state index in [1.807, 2.05) is 0 Å². The smallest absolute Gasteiger partial charge is 0.0785 e. The minimum atomic E-state index is 0.118. The summed E-state index contributed by atoms with van der Waals surface area (Å²) in [7, 11) is 0. The van der Waals surface area contributed by atoms with E-state index in [1.54, 1.807) is 12.4 Å². The van der Waals surface area contributed by atoms with Crippen LogP contribution in [-0.4, -0.2) is 9.97 Å². The van der Waals surface area contributed by atoms with Gasteiger partial charge in [0.1, 0.15) is 0 Å². The van der Waals surface area contributed by atoms with Gasteiger partial charge in [-0.05, 0) is 19.3 Å². The van der Waals surface area contributed by atoms with E-state index in [0.717, 1.165) is 30.7 Å². The van der Waals surface area contributed by atoms with Crippen molar-refractivity contribution in [3.63, 3.8) is 0 Å². The fourth-order valence-electron chi connectivity index (χ4n) is 1.51. The maximum atomic E-state index is 5.84. The molecule has 0 aliphatic heterocycles. The predicted molar refractivity (Wildman–Crippen MR) is 41.9 cm³/mol. The molecule has 1 aromatic rings. The van der Waals surface area contributed by atoms with Crippen molar-refractivity contribution in [3.05, 3.63) is 23.8 Å². The zero-order valence-corrected chi connectivity index (χ0v) is 6.33. The van der Waals surface area contributed by atoms with Crippen LogP contribution < -0.4 is 5.73 Å². The first-order chi connectivity index (χ1) is 5.38. The lowest BCUT2D eigenvalue weighted by atomic mass is 9.96. The van der Waals surface area contributed by atoms with Crippen molar-refractivity contribution in [2.75, 3.05) is 0 Å². The van der Waals surface area contributed by atoms with Gasteiger partial charge in [0.05, 0.1) is 11.4 Å². The van der Waals surface area contributed by atoms with Crippen LogP contribution in [0.4, 0.5) is 0 Å². The molecule has 58 valence electrons. The summed E-state index contributed by atoms with van der Waals surface area (Å²) in [6, 6.07) is 0.118. The van der Waals surface area contributed by atoms with Crippen LogP contribution in [0.25, 0.3) is 0 Å². The van der Waals surface area contributed by atoms with Gasteiger partial charge in [-0.2, -0.15) is 0 Å². The molecular weight excluding hydrogens is 138 g/mol. The normalized spacial score (nSPS) is 22.8. The molecule has 1 aromatic heterocycles. The second kappa shape index (κ2) is 2.58. The molecule has 0 fully saturated rings. The first-order valence-corrected chi connectivity index (χ1v) is 3.93. The maximum Gasteiger partial charge on any atom is 0.0785 e. The first-order valence-electron chi connectivity index (χ1n) is 3.93. The van der Waals surface area contributed by atoms with Crippen molar-refractivity contribution in [2.45, 2.75) is 25.3 Å². The summed E-state index contributed by atoms with van der Waals surface area (Å²) in [6.45, 7) is 0. The summed E-state index contributed by atoms with van der Waals surface area (Å²) in [6.07, 6.45) is 6.68. The van der Waals surface area contributed by atoms with Gasteiger partial charge in [0.2, 0.25) is 0 Å². The van der Waals surface area contributed by atoms with E-state index in [0.29, 0.717) is 0 Å². The predicted octanol–water partition coefficient (Wildman–Crippen LogP) is 0.813. The van der Waals surface area contributed by atoms with Crippen molar-refractivity contribution in [1.82, 2.24) is 9.97 Å². The molecule has 0 bridgehead atoms. The summed E-state index contributed by atoms with van der Waals surface area (Å²) < 4.78 is 0. The van der Waals surface area contributed by atoms with E-state index in [9.17, 15) is 0 Å². The fourth-order valence-corrected chi connectivity index (χ4v) is 1.51. The zero-order chi connectivity index (χ0) is 7.68. The molecule has 1 heterocycles. The van der Waals surface area contributed by atoms with Gasteiger partial charge < -0.3 is 5.73 Å². The third-order valence-electron chi connectivity index (χ3n) is 2.09. The summed E-state index contributed by atoms with van der Waals surface area (Å²) >= 11 is 0. The van der Waals surface area contributed by atoms with Gasteiger partial charge in [-0.25, -0.2) is 0 Å². The Kier molecular flexibility index (Phi) is 1.58. The number of fused-ring (bicyclic) bond motifs is 1. The number of hydrogen-bond acceptors (Lipinski definition) is 3. The lowest BCUT2D eigenvalue weighted by Crippen LogP contribution is -2.19. The number of aryl methyl sites for hydroxylation is 1. The van der Waals surface area contributed by atoms with Crippen LogP contribution in [0.15, 0.2) is 12.4 Å². The highest BCUT2D eigenvalue weighted by Gasteiger charge is 2.17. The van der Waals surface area contributed by atoms with Gasteiger partial charge in [-0.3, -0.25) is 9.97 Å². The van der Waals surface area contributed by atoms with E-state index < -0.39 is 0 Å². The Labute approximate surface area is 65.7 Å². The fraction of sp³-hybridized carbons (Fsp3) is 0.500. The molecular formula is C8H11N3. The molecule has 0 saturated carbocycles. The van der Waals surface area contributed by atoms with E-state index in [2.05, 4.69) is 9.97 Å². The Morgan fingerprint density at radius 1 is 1.36 bits per heavy atom. The lowest BCUT2D eigenvalue weighted by Gasteiger charge is -2.18. The van der Waals surface area contributed by atoms with Crippen LogP contribution in [0.2, 0.25) is 0 Å². The minimum Gasteiger partial charge on any atom is -0.323 e. The van der Waals surface area contributed by atoms with Crippen LogP contribution >= 0.6 is 0 Å². The van der Waals surface area contributed by atoms with Crippen molar-refractivity contribution >= 4 is 0 Å². The summed E-state index contributed by atoms with van der Waals surface area (Å²) in [5, 5.41) is 0. The molecule has 1 aliphatic rings. The number of nitrogens with zero attached hydrogens (tertiary/aromatic N) is 2. The highest BCUT2D eigenvalue weighted by atomic mass is 14.8. The molecule has 0 saturated heterocycles. The molecule has 0 radical (unpaired) electrons. The largest absolute Gasteiger partial charge is 0.323 e. The second-order valence-corrected chi connectivity index (χ2v) is 2.89. The Morgan fingerprint density at radius 3 is 3.00 bits per heavy atom. The van der Waals surface area contributed by atoms with Gasteiger partial charge >= 0.3 is 0 Å². The SMILES string of the molecule is N[C@@H]1CCCc2nccnc21. The Hall–Kier alpha value is -0.960. The molecule has 0 aromatic carbocycles. The van der Waals surface area contributed by atoms with Crippen molar-refractivity contribution in [3.8, 4) is 0 Å². The van der Waals surface area contributed by atoms with E-state index in [-0.39, 0.29) is 6.04 Å². The molecule has 1 aliphatic carbocycles. The molecule has 0 unspecified atom stereocenters. The minimum absolute atomic E-state index is 0.118. The van der Waals surface area contributed by atoms with Gasteiger partial charge in [-0.15, -0.1) is 0 Å². The standard InChI is InChI=1S/C8H11N3/c9-6-2-1-3-7-8(6)11-5-4-10-7/h4-6H,1-3,9H2/t6-/m1/s1. The van der Waals surface area contributed by atoms with Crippen LogP contribution in [0.1, 0.15) is 30.3 Å². The van der Waals surface area contributed by atoms with E-state index in [4.69, 9.17) is 5.73 Å². The van der Waals surface area contributed by atoms with Crippen LogP contribution in [0.3, 0.4) is 0 Å². The molecule has 0 spiro atoms. The topological polar surface area (TPSA) is 51.8 Å². The number of hydrogen-bond donors (Lipinski definition) is 1. The van der Waals surface area contributed by atoms with Crippen molar-refractivity contribution in [1.29, 1.82) is 0 Å². The Balaban J connectivity index is 2.44. The van der Waals surface area contributed by atoms with Crippen molar-refractivity contribution < 1.29 is 0 Å². The quantitative estimate of drug-likeness (QED) is 0.594. The number of rotatable bonds is 0. The second-order valence-electron chi connectivity index (χ2n) is 2.89. The van der Waals surface area contributed by atoms with Crippen LogP contribution in [0, 0.1) is 0 Å². The summed E-state index contributed by atoms with van der Waals surface area (Å²) in [5.41, 5.74) is 7.93. The first kappa shape index (κ1) is 6.73. The molecule has 0 amide bonds. The summed E-state index contributed by atoms with van der Waals surface area (Å²) in [5.74, 6) is 0. The van der Waals surface area contributed by atoms with Gasteiger partial charge in [0.15, 0.2) is 0 Å². The Morgan fingerprint density at radius 2 is 2.18 bits per heavy atom. The van der Waals surface area contributed by atoms with Gasteiger partial charge in [0, 0.05) is 18.4 Å².